The third-order valence-electron chi connectivity index (χ3n) is 2.68. The van der Waals surface area contributed by atoms with Crippen molar-refractivity contribution in [2.75, 3.05) is 0 Å². The average Bonchev–Trinajstić information content (AvgIpc) is 2.26. The van der Waals surface area contributed by atoms with Gasteiger partial charge in [0, 0.05) is 0 Å². The van der Waals surface area contributed by atoms with Crippen LogP contribution in [0, 0.1) is 11.8 Å². The van der Waals surface area contributed by atoms with Gasteiger partial charge in [-0.15, -0.1) is 0 Å². The zero-order chi connectivity index (χ0) is 10.9. The normalized spacial score (nSPS) is 27.0. The first-order valence-electron chi connectivity index (χ1n) is 5.02. The SMILES string of the molecule is CC(C)CC1(C(C)C)NC(=O)NC1=O. The molecule has 1 fully saturated rings. The lowest BCUT2D eigenvalue weighted by Crippen LogP contribution is -2.52. The molecule has 1 unspecified atom stereocenters. The van der Waals surface area contributed by atoms with Crippen LogP contribution in [0.15, 0.2) is 0 Å². The highest BCUT2D eigenvalue weighted by Gasteiger charge is 2.48. The minimum atomic E-state index is -0.703. The third-order valence-corrected chi connectivity index (χ3v) is 2.68. The summed E-state index contributed by atoms with van der Waals surface area (Å²) in [7, 11) is 0. The van der Waals surface area contributed by atoms with Crippen molar-refractivity contribution in [2.24, 2.45) is 11.8 Å². The maximum atomic E-state index is 11.7. The molecule has 1 aliphatic rings. The maximum Gasteiger partial charge on any atom is 0.322 e. The zero-order valence-corrected chi connectivity index (χ0v) is 9.18. The summed E-state index contributed by atoms with van der Waals surface area (Å²) in [6.07, 6.45) is 0.683. The van der Waals surface area contributed by atoms with E-state index in [1.165, 1.54) is 0 Å². The van der Waals surface area contributed by atoms with Crippen molar-refractivity contribution in [1.82, 2.24) is 10.6 Å². The molecule has 4 nitrogen and oxygen atoms in total. The van der Waals surface area contributed by atoms with Crippen LogP contribution in [-0.4, -0.2) is 17.5 Å². The second kappa shape index (κ2) is 3.59. The molecular formula is C10H18N2O2. The molecule has 0 spiro atoms. The van der Waals surface area contributed by atoms with Crippen molar-refractivity contribution < 1.29 is 9.59 Å². The second-order valence-corrected chi connectivity index (χ2v) is 4.63. The largest absolute Gasteiger partial charge is 0.323 e. The Labute approximate surface area is 84.4 Å². The summed E-state index contributed by atoms with van der Waals surface area (Å²) in [6, 6.07) is -0.371. The zero-order valence-electron chi connectivity index (χ0n) is 9.18. The van der Waals surface area contributed by atoms with E-state index in [0.29, 0.717) is 12.3 Å². The van der Waals surface area contributed by atoms with Gasteiger partial charge in [-0.05, 0) is 18.3 Å². The lowest BCUT2D eigenvalue weighted by molar-refractivity contribution is -0.126. The van der Waals surface area contributed by atoms with Gasteiger partial charge >= 0.3 is 6.03 Å². The van der Waals surface area contributed by atoms with E-state index in [2.05, 4.69) is 10.6 Å². The molecule has 0 aromatic rings. The van der Waals surface area contributed by atoms with E-state index < -0.39 is 5.54 Å². The summed E-state index contributed by atoms with van der Waals surface area (Å²) in [5.74, 6) is 0.295. The molecule has 4 heteroatoms. The predicted octanol–water partition coefficient (Wildman–Crippen LogP) is 1.27. The lowest BCUT2D eigenvalue weighted by atomic mass is 9.79. The summed E-state index contributed by atoms with van der Waals surface area (Å²) in [5, 5.41) is 5.05. The molecule has 1 saturated heterocycles. The van der Waals surface area contributed by atoms with Crippen LogP contribution in [0.4, 0.5) is 4.79 Å². The van der Waals surface area contributed by atoms with Gasteiger partial charge in [-0.1, -0.05) is 27.7 Å². The molecule has 0 aliphatic carbocycles. The third kappa shape index (κ3) is 1.74. The highest BCUT2D eigenvalue weighted by atomic mass is 16.2. The van der Waals surface area contributed by atoms with Crippen LogP contribution >= 0.6 is 0 Å². The fraction of sp³-hybridized carbons (Fsp3) is 0.800. The number of carbonyl (C=O) groups is 2. The van der Waals surface area contributed by atoms with Gasteiger partial charge in [0.15, 0.2) is 0 Å². The minimum Gasteiger partial charge on any atom is -0.323 e. The van der Waals surface area contributed by atoms with Crippen LogP contribution in [0.2, 0.25) is 0 Å². The molecule has 80 valence electrons. The molecule has 1 aliphatic heterocycles. The van der Waals surface area contributed by atoms with Crippen molar-refractivity contribution >= 4 is 11.9 Å². The number of nitrogens with one attached hydrogen (secondary N) is 2. The number of imide groups is 1. The van der Waals surface area contributed by atoms with Gasteiger partial charge in [-0.3, -0.25) is 10.1 Å². The van der Waals surface area contributed by atoms with Crippen molar-refractivity contribution in [3.8, 4) is 0 Å². The highest BCUT2D eigenvalue weighted by molar-refractivity contribution is 6.07. The first kappa shape index (κ1) is 11.0. The van der Waals surface area contributed by atoms with Crippen LogP contribution < -0.4 is 10.6 Å². The smallest absolute Gasteiger partial charge is 0.322 e. The van der Waals surface area contributed by atoms with E-state index in [9.17, 15) is 9.59 Å². The van der Waals surface area contributed by atoms with Gasteiger partial charge < -0.3 is 5.32 Å². The Kier molecular flexibility index (Phi) is 2.83. The van der Waals surface area contributed by atoms with Crippen LogP contribution in [0.1, 0.15) is 34.1 Å². The fourth-order valence-corrected chi connectivity index (χ4v) is 1.94. The second-order valence-electron chi connectivity index (χ2n) is 4.63. The minimum absolute atomic E-state index is 0.108. The molecule has 1 atom stereocenters. The molecule has 1 heterocycles. The van der Waals surface area contributed by atoms with E-state index in [-0.39, 0.29) is 17.9 Å². The van der Waals surface area contributed by atoms with Crippen molar-refractivity contribution in [3.63, 3.8) is 0 Å². The quantitative estimate of drug-likeness (QED) is 0.671. The van der Waals surface area contributed by atoms with Gasteiger partial charge in [0.2, 0.25) is 0 Å². The first-order valence-corrected chi connectivity index (χ1v) is 5.02. The number of hydrogen-bond acceptors (Lipinski definition) is 2. The molecule has 2 N–H and O–H groups in total. The Morgan fingerprint density at radius 1 is 1.21 bits per heavy atom. The van der Waals surface area contributed by atoms with Gasteiger partial charge in [0.25, 0.3) is 5.91 Å². The van der Waals surface area contributed by atoms with Crippen LogP contribution in [0.3, 0.4) is 0 Å². The number of rotatable bonds is 3. The Morgan fingerprint density at radius 2 is 1.79 bits per heavy atom. The number of carbonyl (C=O) groups excluding carboxylic acids is 2. The van der Waals surface area contributed by atoms with Gasteiger partial charge in [-0.25, -0.2) is 4.79 Å². The van der Waals surface area contributed by atoms with E-state index in [0.717, 1.165) is 0 Å². The Hall–Kier alpha value is -1.06. The summed E-state index contributed by atoms with van der Waals surface area (Å²) in [4.78, 5) is 22.8. The number of amides is 3. The standard InChI is InChI=1S/C10H18N2O2/c1-6(2)5-10(7(3)4)8(13)11-9(14)12-10/h6-7H,5H2,1-4H3,(H2,11,12,13,14). The summed E-state index contributed by atoms with van der Waals surface area (Å²) in [6.45, 7) is 7.99. The lowest BCUT2D eigenvalue weighted by Gasteiger charge is -2.31. The number of hydrogen-bond donors (Lipinski definition) is 2. The van der Waals surface area contributed by atoms with Gasteiger partial charge in [-0.2, -0.15) is 0 Å². The van der Waals surface area contributed by atoms with Crippen molar-refractivity contribution in [1.29, 1.82) is 0 Å². The monoisotopic (exact) mass is 198 g/mol. The van der Waals surface area contributed by atoms with E-state index in [1.807, 2.05) is 27.7 Å². The molecule has 3 amide bonds. The maximum absolute atomic E-state index is 11.7. The van der Waals surface area contributed by atoms with Crippen LogP contribution in [-0.2, 0) is 4.79 Å². The predicted molar refractivity (Wildman–Crippen MR) is 53.7 cm³/mol. The van der Waals surface area contributed by atoms with Gasteiger partial charge in [0.05, 0.1) is 0 Å². The molecule has 0 aromatic heterocycles. The molecule has 0 radical (unpaired) electrons. The topological polar surface area (TPSA) is 58.2 Å². The van der Waals surface area contributed by atoms with E-state index >= 15 is 0 Å². The van der Waals surface area contributed by atoms with E-state index in [4.69, 9.17) is 0 Å². The molecular weight excluding hydrogens is 180 g/mol. The Bertz CT molecular complexity index is 261. The van der Waals surface area contributed by atoms with Crippen LogP contribution in [0.5, 0.6) is 0 Å². The fourth-order valence-electron chi connectivity index (χ4n) is 1.94. The van der Waals surface area contributed by atoms with Gasteiger partial charge in [0.1, 0.15) is 5.54 Å². The summed E-state index contributed by atoms with van der Waals surface area (Å²) >= 11 is 0. The molecule has 14 heavy (non-hydrogen) atoms. The Morgan fingerprint density at radius 3 is 2.07 bits per heavy atom. The van der Waals surface area contributed by atoms with Crippen LogP contribution in [0.25, 0.3) is 0 Å². The Balaban J connectivity index is 2.93. The first-order chi connectivity index (χ1) is 6.38. The molecule has 0 saturated carbocycles. The molecule has 0 aromatic carbocycles. The number of urea groups is 1. The van der Waals surface area contributed by atoms with E-state index in [1.54, 1.807) is 0 Å². The molecule has 0 bridgehead atoms. The molecule has 1 rings (SSSR count). The average molecular weight is 198 g/mol. The van der Waals surface area contributed by atoms with Crippen molar-refractivity contribution in [2.45, 2.75) is 39.7 Å². The summed E-state index contributed by atoms with van der Waals surface area (Å²) in [5.41, 5.74) is -0.703. The summed E-state index contributed by atoms with van der Waals surface area (Å²) < 4.78 is 0. The highest BCUT2D eigenvalue weighted by Crippen LogP contribution is 2.28. The van der Waals surface area contributed by atoms with Crippen molar-refractivity contribution in [3.05, 3.63) is 0 Å².